The van der Waals surface area contributed by atoms with Crippen molar-refractivity contribution in [1.29, 1.82) is 5.26 Å². The molecule has 7 nitrogen and oxygen atoms in total. The van der Waals surface area contributed by atoms with Crippen molar-refractivity contribution in [3.63, 3.8) is 0 Å². The third kappa shape index (κ3) is 4.35. The summed E-state index contributed by atoms with van der Waals surface area (Å²) >= 11 is 0. The normalized spacial score (nSPS) is 12.3. The van der Waals surface area contributed by atoms with Crippen LogP contribution in [0.4, 0.5) is 0 Å². The molecule has 0 spiro atoms. The number of nitrogens with one attached hydrogen (secondary N) is 2. The van der Waals surface area contributed by atoms with Crippen molar-refractivity contribution in [2.75, 3.05) is 0 Å². The molecule has 1 rings (SSSR count). The average Bonchev–Trinajstić information content (AvgIpc) is 2.43. The summed E-state index contributed by atoms with van der Waals surface area (Å²) in [7, 11) is 0. The molecule has 1 aromatic rings. The number of carbonyl (C=O) groups excluding carboxylic acids is 2. The molecule has 0 aliphatic rings. The van der Waals surface area contributed by atoms with Gasteiger partial charge in [0.25, 0.3) is 11.8 Å². The van der Waals surface area contributed by atoms with Crippen molar-refractivity contribution in [1.82, 2.24) is 10.8 Å². The number of hydrogen-bond acceptors (Lipinski definition) is 5. The van der Waals surface area contributed by atoms with Gasteiger partial charge in [-0.15, -0.1) is 0 Å². The number of hydroxylamine groups is 1. The van der Waals surface area contributed by atoms with Crippen molar-refractivity contribution < 1.29 is 19.9 Å². The van der Waals surface area contributed by atoms with Crippen LogP contribution in [0, 0.1) is 11.3 Å². The lowest BCUT2D eigenvalue weighted by Gasteiger charge is -2.19. The number of hydrogen-bond donors (Lipinski definition) is 4. The highest BCUT2D eigenvalue weighted by atomic mass is 16.5. The molecule has 0 fully saturated rings. The Morgan fingerprint density at radius 2 is 1.85 bits per heavy atom. The van der Waals surface area contributed by atoms with Crippen molar-refractivity contribution in [2.24, 2.45) is 0 Å². The Hall–Kier alpha value is -2.43. The van der Waals surface area contributed by atoms with Gasteiger partial charge in [0.05, 0.1) is 17.7 Å². The van der Waals surface area contributed by atoms with E-state index in [9.17, 15) is 14.7 Å². The van der Waals surface area contributed by atoms with E-state index in [0.717, 1.165) is 0 Å². The number of aliphatic hydroxyl groups excluding tert-OH is 1. The number of nitriles is 1. The maximum Gasteiger partial charge on any atom is 0.268 e. The van der Waals surface area contributed by atoms with Gasteiger partial charge in [-0.25, -0.2) is 5.48 Å². The first-order valence-electron chi connectivity index (χ1n) is 5.42. The summed E-state index contributed by atoms with van der Waals surface area (Å²) in [5, 5.41) is 28.8. The molecule has 2 amide bonds. The lowest BCUT2D eigenvalue weighted by atomic mass is 10.1. The monoisotopic (exact) mass is 279 g/mol. The molecule has 2 atom stereocenters. The Bertz CT molecular complexity index is 505. The molecular weight excluding hydrogens is 262 g/mol. The van der Waals surface area contributed by atoms with Crippen LogP contribution in [0.25, 0.3) is 0 Å². The molecular formula is C13H17N3O4. The van der Waals surface area contributed by atoms with Crippen LogP contribution in [0.1, 0.15) is 30.3 Å². The third-order valence-electron chi connectivity index (χ3n) is 2.44. The fourth-order valence-electron chi connectivity index (χ4n) is 1.40. The van der Waals surface area contributed by atoms with E-state index < -0.39 is 24.0 Å². The predicted octanol–water partition coefficient (Wildman–Crippen LogP) is 0.179. The Kier molecular flexibility index (Phi) is 6.93. The molecule has 1 aromatic carbocycles. The highest BCUT2D eigenvalue weighted by Gasteiger charge is 2.25. The lowest BCUT2D eigenvalue weighted by Crippen LogP contribution is -2.51. The van der Waals surface area contributed by atoms with Crippen molar-refractivity contribution in [3.8, 4) is 6.07 Å². The van der Waals surface area contributed by atoms with Crippen LogP contribution >= 0.6 is 0 Å². The maximum absolute atomic E-state index is 11.8. The molecule has 7 heteroatoms. The van der Waals surface area contributed by atoms with Crippen molar-refractivity contribution in [2.45, 2.75) is 26.5 Å². The molecule has 0 aromatic heterocycles. The van der Waals surface area contributed by atoms with Gasteiger partial charge >= 0.3 is 0 Å². The zero-order valence-corrected chi connectivity index (χ0v) is 10.1. The summed E-state index contributed by atoms with van der Waals surface area (Å²) in [5.74, 6) is -1.52. The molecule has 0 unspecified atom stereocenters. The van der Waals surface area contributed by atoms with Crippen LogP contribution in [-0.4, -0.2) is 34.3 Å². The average molecular weight is 279 g/mol. The SMILES string of the molecule is C.C[C@@H](O)[C@H](NC(=O)c1ccc(C#N)cc1)C(=O)NO. The number of benzene rings is 1. The number of rotatable bonds is 4. The second-order valence-corrected chi connectivity index (χ2v) is 3.86. The van der Waals surface area contributed by atoms with Gasteiger partial charge in [-0.1, -0.05) is 7.43 Å². The fourth-order valence-corrected chi connectivity index (χ4v) is 1.40. The van der Waals surface area contributed by atoms with Gasteiger partial charge in [0, 0.05) is 5.56 Å². The van der Waals surface area contributed by atoms with E-state index in [1.54, 1.807) is 0 Å². The van der Waals surface area contributed by atoms with Crippen LogP contribution in [0.3, 0.4) is 0 Å². The molecule has 4 N–H and O–H groups in total. The van der Waals surface area contributed by atoms with E-state index >= 15 is 0 Å². The quantitative estimate of drug-likeness (QED) is 0.462. The third-order valence-corrected chi connectivity index (χ3v) is 2.44. The summed E-state index contributed by atoms with van der Waals surface area (Å²) in [4.78, 5) is 23.1. The minimum absolute atomic E-state index is 0. The Balaban J connectivity index is 0.00000361. The number of nitrogens with zero attached hydrogens (tertiary/aromatic N) is 1. The molecule has 108 valence electrons. The number of carbonyl (C=O) groups is 2. The van der Waals surface area contributed by atoms with Gasteiger partial charge in [-0.05, 0) is 31.2 Å². The van der Waals surface area contributed by atoms with Crippen LogP contribution in [0.2, 0.25) is 0 Å². The minimum Gasteiger partial charge on any atom is -0.391 e. The molecule has 0 bridgehead atoms. The van der Waals surface area contributed by atoms with E-state index in [1.165, 1.54) is 36.7 Å². The van der Waals surface area contributed by atoms with Crippen LogP contribution in [0.5, 0.6) is 0 Å². The van der Waals surface area contributed by atoms with Crippen molar-refractivity contribution in [3.05, 3.63) is 35.4 Å². The summed E-state index contributed by atoms with van der Waals surface area (Å²) < 4.78 is 0. The van der Waals surface area contributed by atoms with Gasteiger partial charge in [0.2, 0.25) is 0 Å². The van der Waals surface area contributed by atoms with E-state index in [-0.39, 0.29) is 13.0 Å². The molecule has 0 saturated heterocycles. The van der Waals surface area contributed by atoms with Gasteiger partial charge in [0.15, 0.2) is 0 Å². The first-order valence-corrected chi connectivity index (χ1v) is 5.42. The summed E-state index contributed by atoms with van der Waals surface area (Å²) in [5.41, 5.74) is 2.00. The molecule has 20 heavy (non-hydrogen) atoms. The zero-order valence-electron chi connectivity index (χ0n) is 10.1. The van der Waals surface area contributed by atoms with Crippen LogP contribution in [-0.2, 0) is 4.79 Å². The fraction of sp³-hybridized carbons (Fsp3) is 0.308. The lowest BCUT2D eigenvalue weighted by molar-refractivity contribution is -0.133. The van der Waals surface area contributed by atoms with Crippen LogP contribution < -0.4 is 10.8 Å². The van der Waals surface area contributed by atoms with Crippen molar-refractivity contribution >= 4 is 11.8 Å². The van der Waals surface area contributed by atoms with E-state index in [1.807, 2.05) is 6.07 Å². The zero-order chi connectivity index (χ0) is 14.4. The second-order valence-electron chi connectivity index (χ2n) is 3.86. The van der Waals surface area contributed by atoms with Crippen LogP contribution in [0.15, 0.2) is 24.3 Å². The number of amides is 2. The predicted molar refractivity (Wildman–Crippen MR) is 70.8 cm³/mol. The van der Waals surface area contributed by atoms with E-state index in [4.69, 9.17) is 10.5 Å². The first-order chi connectivity index (χ1) is 8.99. The second kappa shape index (κ2) is 7.89. The molecule has 0 saturated carbocycles. The Labute approximate surface area is 116 Å². The van der Waals surface area contributed by atoms with Gasteiger partial charge in [-0.3, -0.25) is 14.8 Å². The topological polar surface area (TPSA) is 122 Å². The number of aliphatic hydroxyl groups is 1. The standard InChI is InChI=1S/C12H13N3O4.CH4/c1-7(16)10(12(18)15-19)14-11(17)9-4-2-8(6-13)3-5-9;/h2-5,7,10,16,19H,1H3,(H,14,17)(H,15,18);1H4/t7-,10+;/m1./s1. The summed E-state index contributed by atoms with van der Waals surface area (Å²) in [6.45, 7) is 1.30. The van der Waals surface area contributed by atoms with Gasteiger partial charge in [-0.2, -0.15) is 5.26 Å². The maximum atomic E-state index is 11.8. The highest BCUT2D eigenvalue weighted by molar-refractivity contribution is 5.97. The first kappa shape index (κ1) is 17.6. The van der Waals surface area contributed by atoms with Gasteiger partial charge in [0.1, 0.15) is 6.04 Å². The Morgan fingerprint density at radius 1 is 1.30 bits per heavy atom. The molecule has 0 aliphatic carbocycles. The molecule has 0 aliphatic heterocycles. The summed E-state index contributed by atoms with van der Waals surface area (Å²) in [6, 6.07) is 6.39. The van der Waals surface area contributed by atoms with Gasteiger partial charge < -0.3 is 10.4 Å². The Morgan fingerprint density at radius 3 is 2.25 bits per heavy atom. The highest BCUT2D eigenvalue weighted by Crippen LogP contribution is 2.04. The smallest absolute Gasteiger partial charge is 0.268 e. The summed E-state index contributed by atoms with van der Waals surface area (Å²) in [6.07, 6.45) is -1.17. The molecule has 0 heterocycles. The molecule has 0 radical (unpaired) electrons. The van der Waals surface area contributed by atoms with E-state index in [2.05, 4.69) is 5.32 Å². The minimum atomic E-state index is -1.27. The van der Waals surface area contributed by atoms with E-state index in [0.29, 0.717) is 5.56 Å². The largest absolute Gasteiger partial charge is 0.391 e.